The summed E-state index contributed by atoms with van der Waals surface area (Å²) < 4.78 is 0. The van der Waals surface area contributed by atoms with E-state index in [0.717, 1.165) is 33.9 Å². The number of hydrogen-bond donors (Lipinski definition) is 4. The summed E-state index contributed by atoms with van der Waals surface area (Å²) >= 11 is 0. The summed E-state index contributed by atoms with van der Waals surface area (Å²) in [5.74, 6) is -0.526. The van der Waals surface area contributed by atoms with E-state index in [0.29, 0.717) is 0 Å². The van der Waals surface area contributed by atoms with Crippen LogP contribution in [0.1, 0.15) is 68.7 Å². The molecule has 4 aromatic carbocycles. The lowest BCUT2D eigenvalue weighted by molar-refractivity contribution is -0.429. The van der Waals surface area contributed by atoms with Crippen molar-refractivity contribution >= 4 is 0 Å². The molecule has 5 heterocycles. The van der Waals surface area contributed by atoms with Gasteiger partial charge in [-0.05, 0) is 46.5 Å². The highest BCUT2D eigenvalue weighted by Gasteiger charge is 2.45. The lowest BCUT2D eigenvalue weighted by atomic mass is 9.87. The van der Waals surface area contributed by atoms with Crippen LogP contribution in [0.3, 0.4) is 0 Å². The van der Waals surface area contributed by atoms with Gasteiger partial charge in [0.05, 0.1) is 4.92 Å². The van der Waals surface area contributed by atoms with E-state index in [2.05, 4.69) is 142 Å². The predicted molar refractivity (Wildman–Crippen MR) is 200 cm³/mol. The van der Waals surface area contributed by atoms with Gasteiger partial charge in [-0.2, -0.15) is 0 Å². The molecule has 0 saturated carbocycles. The van der Waals surface area contributed by atoms with Gasteiger partial charge in [-0.3, -0.25) is 15.4 Å². The summed E-state index contributed by atoms with van der Waals surface area (Å²) in [6.45, 7) is 0. The Hall–Kier alpha value is -5.76. The van der Waals surface area contributed by atoms with Gasteiger partial charge in [0.2, 0.25) is 0 Å². The lowest BCUT2D eigenvalue weighted by Gasteiger charge is -2.30. The Morgan fingerprint density at radius 1 is 0.431 bits per heavy atom. The highest BCUT2D eigenvalue weighted by molar-refractivity contribution is 5.45. The molecular formula is C44H39N5O2. The van der Waals surface area contributed by atoms with Crippen LogP contribution in [-0.2, 0) is 0 Å². The van der Waals surface area contributed by atoms with E-state index in [9.17, 15) is 10.1 Å². The van der Waals surface area contributed by atoms with Crippen LogP contribution in [-0.4, -0.2) is 39.1 Å². The summed E-state index contributed by atoms with van der Waals surface area (Å²) in [4.78, 5) is 20.5. The standard InChI is InChI=1S/C44H39N5O2/c50-49(51)39-27-38-42(30-17-9-3-10-18-30)36-24-23-34(46-36)40(28-13-5-1-6-14-28)32-21-22-33(45-32)41(29-15-7-2-8-16-29)35-25-26-37(47-35)43(44(39)48-38)31-19-11-4-12-20-31/h1-27,32-33,38,40-48H. The van der Waals surface area contributed by atoms with Crippen molar-refractivity contribution in [3.63, 3.8) is 0 Å². The maximum atomic E-state index is 13.0. The van der Waals surface area contributed by atoms with Crippen molar-refractivity contribution in [1.29, 1.82) is 0 Å². The Kier molecular flexibility index (Phi) is 8.07. The quantitative estimate of drug-likeness (QED) is 0.0850. The molecule has 4 N–H and O–H groups in total. The first kappa shape index (κ1) is 31.2. The van der Waals surface area contributed by atoms with Gasteiger partial charge < -0.3 is 15.3 Å². The van der Waals surface area contributed by atoms with Crippen molar-refractivity contribution in [3.05, 3.63) is 225 Å². The van der Waals surface area contributed by atoms with Crippen LogP contribution in [0.25, 0.3) is 0 Å². The van der Waals surface area contributed by atoms with E-state index < -0.39 is 6.04 Å². The van der Waals surface area contributed by atoms with Crippen molar-refractivity contribution in [1.82, 2.24) is 20.6 Å². The van der Waals surface area contributed by atoms with Crippen molar-refractivity contribution in [2.24, 2.45) is 0 Å². The van der Waals surface area contributed by atoms with Gasteiger partial charge >= 0.3 is 0 Å². The smallest absolute Gasteiger partial charge is 0.261 e. The lowest BCUT2D eigenvalue weighted by Crippen LogP contribution is -2.41. The van der Waals surface area contributed by atoms with Gasteiger partial charge in [-0.1, -0.05) is 133 Å². The van der Waals surface area contributed by atoms with Gasteiger partial charge in [0.25, 0.3) is 5.70 Å². The molecule has 2 aromatic heterocycles. The predicted octanol–water partition coefficient (Wildman–Crippen LogP) is 7.98. The summed E-state index contributed by atoms with van der Waals surface area (Å²) in [7, 11) is 0. The largest absolute Gasteiger partial charge is 0.361 e. The first-order valence-electron chi connectivity index (χ1n) is 17.8. The second kappa shape index (κ2) is 13.2. The molecule has 252 valence electrons. The summed E-state index contributed by atoms with van der Waals surface area (Å²) in [6.07, 6.45) is 6.51. The van der Waals surface area contributed by atoms with E-state index in [1.807, 2.05) is 42.5 Å². The van der Waals surface area contributed by atoms with E-state index in [1.165, 1.54) is 11.1 Å². The van der Waals surface area contributed by atoms with E-state index >= 15 is 0 Å². The normalized spacial score (nSPS) is 26.9. The van der Waals surface area contributed by atoms with Crippen LogP contribution in [0.5, 0.6) is 0 Å². The number of hydrogen-bond acceptors (Lipinski definition) is 4. The molecule has 7 nitrogen and oxygen atoms in total. The first-order chi connectivity index (χ1) is 25.1. The zero-order valence-corrected chi connectivity index (χ0v) is 28.0. The molecule has 0 saturated heterocycles. The molecule has 8 unspecified atom stereocenters. The molecule has 8 bridgehead atoms. The molecule has 0 spiro atoms. The van der Waals surface area contributed by atoms with Crippen molar-refractivity contribution in [2.45, 2.75) is 47.8 Å². The highest BCUT2D eigenvalue weighted by Crippen LogP contribution is 2.42. The third-order valence-corrected chi connectivity index (χ3v) is 11.0. The summed E-state index contributed by atoms with van der Waals surface area (Å²) in [6, 6.07) is 49.6. The number of fused-ring (bicyclic) bond motifs is 8. The zero-order valence-electron chi connectivity index (χ0n) is 28.0. The zero-order chi connectivity index (χ0) is 34.3. The molecule has 3 aliphatic heterocycles. The van der Waals surface area contributed by atoms with Crippen LogP contribution >= 0.6 is 0 Å². The minimum Gasteiger partial charge on any atom is -0.361 e. The van der Waals surface area contributed by atoms with Gasteiger partial charge in [-0.25, -0.2) is 0 Å². The topological polar surface area (TPSA) is 98.8 Å². The van der Waals surface area contributed by atoms with Crippen molar-refractivity contribution < 1.29 is 4.92 Å². The van der Waals surface area contributed by atoms with E-state index in [4.69, 9.17) is 0 Å². The fourth-order valence-corrected chi connectivity index (χ4v) is 8.77. The number of aromatic nitrogens is 2. The fraction of sp³-hybridized carbons (Fsp3) is 0.182. The number of nitrogens with zero attached hydrogens (tertiary/aromatic N) is 1. The van der Waals surface area contributed by atoms with Gasteiger partial charge in [0, 0.05) is 70.6 Å². The fourth-order valence-electron chi connectivity index (χ4n) is 8.77. The average molecular weight is 670 g/mol. The van der Waals surface area contributed by atoms with E-state index in [1.54, 1.807) is 0 Å². The Morgan fingerprint density at radius 2 is 0.784 bits per heavy atom. The Bertz CT molecular complexity index is 2190. The monoisotopic (exact) mass is 669 g/mol. The maximum absolute atomic E-state index is 13.0. The molecule has 0 aliphatic carbocycles. The number of nitro groups is 1. The molecule has 9 rings (SSSR count). The molecule has 3 aliphatic rings. The van der Waals surface area contributed by atoms with Gasteiger partial charge in [0.15, 0.2) is 0 Å². The van der Waals surface area contributed by atoms with Crippen LogP contribution in [0, 0.1) is 10.1 Å². The number of nitrogens with one attached hydrogen (secondary N) is 4. The minimum absolute atomic E-state index is 0.00733. The van der Waals surface area contributed by atoms with Crippen LogP contribution in [0.15, 0.2) is 170 Å². The van der Waals surface area contributed by atoms with Gasteiger partial charge in [0.1, 0.15) is 6.04 Å². The van der Waals surface area contributed by atoms with Gasteiger partial charge in [-0.15, -0.1) is 0 Å². The second-order valence-corrected chi connectivity index (χ2v) is 13.9. The number of rotatable bonds is 5. The number of aromatic amines is 2. The molecule has 0 radical (unpaired) electrons. The molecule has 7 heteroatoms. The first-order valence-corrected chi connectivity index (χ1v) is 17.8. The number of benzene rings is 4. The third kappa shape index (κ3) is 5.74. The summed E-state index contributed by atoms with van der Waals surface area (Å²) in [5, 5.41) is 20.8. The van der Waals surface area contributed by atoms with E-state index in [-0.39, 0.29) is 52.4 Å². The third-order valence-electron chi connectivity index (χ3n) is 11.0. The molecule has 8 atom stereocenters. The maximum Gasteiger partial charge on any atom is 0.261 e. The highest BCUT2D eigenvalue weighted by atomic mass is 16.6. The van der Waals surface area contributed by atoms with Crippen molar-refractivity contribution in [3.8, 4) is 0 Å². The summed E-state index contributed by atoms with van der Waals surface area (Å²) in [5.41, 5.74) is 8.81. The Morgan fingerprint density at radius 3 is 1.18 bits per heavy atom. The Balaban J connectivity index is 1.26. The second-order valence-electron chi connectivity index (χ2n) is 13.9. The number of H-pyrrole nitrogens is 2. The van der Waals surface area contributed by atoms with Crippen molar-refractivity contribution in [2.75, 3.05) is 0 Å². The minimum atomic E-state index is -0.575. The Labute approximate surface area is 297 Å². The SMILES string of the molecule is O=[N+]([O-])C1=CC2NC1C(c1ccccc1)c1ccc([nH]1)C(c1ccccc1)C1C=CC(N1)C(c1ccccc1)c1ccc([nH]1)C2c1ccccc1. The van der Waals surface area contributed by atoms with Crippen LogP contribution in [0.4, 0.5) is 0 Å². The average Bonchev–Trinajstić information content (AvgIpc) is 4.00. The molecule has 6 aromatic rings. The molecule has 0 amide bonds. The van der Waals surface area contributed by atoms with Crippen LogP contribution in [0.2, 0.25) is 0 Å². The molecule has 0 fully saturated rings. The van der Waals surface area contributed by atoms with Crippen LogP contribution < -0.4 is 10.6 Å². The molecular weight excluding hydrogens is 631 g/mol. The molecule has 51 heavy (non-hydrogen) atoms.